The highest BCUT2D eigenvalue weighted by Gasteiger charge is 2.22. The molecule has 0 saturated carbocycles. The van der Waals surface area contributed by atoms with Crippen LogP contribution in [0.5, 0.6) is 0 Å². The molecular formula is C43H86O12. The maximum absolute atomic E-state index is 6.06. The first-order chi connectivity index (χ1) is 27.4. The molecule has 2 unspecified atom stereocenters. The summed E-state index contributed by atoms with van der Waals surface area (Å²) in [5.41, 5.74) is 0. The summed E-state index contributed by atoms with van der Waals surface area (Å²) in [6.45, 7) is 17.9. The minimum Gasteiger partial charge on any atom is -0.379 e. The molecule has 1 aliphatic heterocycles. The van der Waals surface area contributed by atoms with E-state index in [0.29, 0.717) is 151 Å². The van der Waals surface area contributed by atoms with Crippen LogP contribution in [0.4, 0.5) is 0 Å². The molecule has 1 fully saturated rings. The van der Waals surface area contributed by atoms with Gasteiger partial charge in [-0.1, -0.05) is 104 Å². The highest BCUT2D eigenvalue weighted by molar-refractivity contribution is 4.67. The van der Waals surface area contributed by atoms with Crippen LogP contribution >= 0.6 is 0 Å². The van der Waals surface area contributed by atoms with Gasteiger partial charge < -0.3 is 56.8 Å². The van der Waals surface area contributed by atoms with Crippen LogP contribution in [-0.4, -0.2) is 158 Å². The molecule has 0 aromatic heterocycles. The molecule has 0 aromatic rings. The number of rotatable bonds is 50. The van der Waals surface area contributed by atoms with Crippen LogP contribution in [0.1, 0.15) is 117 Å². The van der Waals surface area contributed by atoms with Gasteiger partial charge in [0.25, 0.3) is 0 Å². The lowest BCUT2D eigenvalue weighted by atomic mass is 9.94. The van der Waals surface area contributed by atoms with Crippen molar-refractivity contribution in [2.24, 2.45) is 5.92 Å². The van der Waals surface area contributed by atoms with Gasteiger partial charge in [0.1, 0.15) is 6.10 Å². The van der Waals surface area contributed by atoms with Gasteiger partial charge in [-0.2, -0.15) is 0 Å². The Morgan fingerprint density at radius 1 is 0.345 bits per heavy atom. The fourth-order valence-electron chi connectivity index (χ4n) is 5.82. The van der Waals surface area contributed by atoms with E-state index in [2.05, 4.69) is 13.8 Å². The number of epoxide rings is 1. The van der Waals surface area contributed by atoms with Crippen LogP contribution in [0.3, 0.4) is 0 Å². The van der Waals surface area contributed by atoms with Crippen molar-refractivity contribution >= 4 is 0 Å². The van der Waals surface area contributed by atoms with Gasteiger partial charge in [-0.3, -0.25) is 0 Å². The monoisotopic (exact) mass is 795 g/mol. The largest absolute Gasteiger partial charge is 0.379 e. The molecule has 0 spiro atoms. The van der Waals surface area contributed by atoms with Crippen molar-refractivity contribution in [2.45, 2.75) is 123 Å². The Hall–Kier alpha value is -0.480. The lowest BCUT2D eigenvalue weighted by Crippen LogP contribution is -2.16. The molecule has 55 heavy (non-hydrogen) atoms. The number of unbranched alkanes of at least 4 members (excludes halogenated alkanes) is 12. The summed E-state index contributed by atoms with van der Waals surface area (Å²) < 4.78 is 66.4. The minimum absolute atomic E-state index is 0.299. The minimum atomic E-state index is 0.299. The molecule has 1 aliphatic rings. The first-order valence-corrected chi connectivity index (χ1v) is 22.3. The SMILES string of the molecule is CCCCCCCCCCC(CCCCCCCC)COCCOCCOCCOCCOCCOCCOCCOCCOCCOCCOCC1CO1. The van der Waals surface area contributed by atoms with Crippen LogP contribution in [0.25, 0.3) is 0 Å². The second kappa shape index (κ2) is 46.2. The van der Waals surface area contributed by atoms with Crippen molar-refractivity contribution in [2.75, 3.05) is 152 Å². The van der Waals surface area contributed by atoms with Crippen LogP contribution in [0, 0.1) is 5.92 Å². The van der Waals surface area contributed by atoms with Crippen molar-refractivity contribution in [3.05, 3.63) is 0 Å². The number of hydrogen-bond donors (Lipinski definition) is 0. The highest BCUT2D eigenvalue weighted by atomic mass is 16.6. The van der Waals surface area contributed by atoms with Gasteiger partial charge in [-0.15, -0.1) is 0 Å². The predicted octanol–water partition coefficient (Wildman–Crippen LogP) is 7.47. The Bertz CT molecular complexity index is 703. The average molecular weight is 795 g/mol. The third-order valence-electron chi connectivity index (χ3n) is 9.21. The van der Waals surface area contributed by atoms with Gasteiger partial charge in [-0.25, -0.2) is 0 Å². The standard InChI is InChI=1S/C43H86O12/c1-3-5-7-9-11-12-14-16-18-42(17-15-13-10-8-6-4-2)39-53-37-35-51-33-31-49-29-27-47-25-23-45-21-19-44-20-22-46-24-26-48-28-30-50-32-34-52-36-38-54-40-43-41-55-43/h42-43H,3-41H2,1-2H3. The van der Waals surface area contributed by atoms with E-state index < -0.39 is 0 Å². The molecule has 1 rings (SSSR count). The molecule has 2 atom stereocenters. The van der Waals surface area contributed by atoms with Gasteiger partial charge in [0.2, 0.25) is 0 Å². The van der Waals surface area contributed by atoms with Crippen LogP contribution in [0.2, 0.25) is 0 Å². The molecule has 0 aliphatic carbocycles. The Morgan fingerprint density at radius 3 is 0.891 bits per heavy atom. The number of hydrogen-bond acceptors (Lipinski definition) is 12. The normalized spacial score (nSPS) is 14.6. The lowest BCUT2D eigenvalue weighted by molar-refractivity contribution is -0.0280. The van der Waals surface area contributed by atoms with Crippen molar-refractivity contribution in [3.8, 4) is 0 Å². The molecule has 1 heterocycles. The van der Waals surface area contributed by atoms with E-state index in [1.807, 2.05) is 0 Å². The van der Waals surface area contributed by atoms with E-state index in [4.69, 9.17) is 56.8 Å². The summed E-state index contributed by atoms with van der Waals surface area (Å²) >= 11 is 0. The third-order valence-corrected chi connectivity index (χ3v) is 9.21. The first kappa shape index (κ1) is 52.5. The maximum atomic E-state index is 6.06. The van der Waals surface area contributed by atoms with Crippen molar-refractivity contribution in [3.63, 3.8) is 0 Å². The van der Waals surface area contributed by atoms with E-state index in [1.54, 1.807) is 0 Å². The summed E-state index contributed by atoms with van der Waals surface area (Å²) in [7, 11) is 0. The van der Waals surface area contributed by atoms with Crippen LogP contribution in [0.15, 0.2) is 0 Å². The second-order valence-corrected chi connectivity index (χ2v) is 14.3. The second-order valence-electron chi connectivity index (χ2n) is 14.3. The van der Waals surface area contributed by atoms with E-state index in [9.17, 15) is 0 Å². The molecular weight excluding hydrogens is 708 g/mol. The molecule has 0 amide bonds. The van der Waals surface area contributed by atoms with Crippen LogP contribution < -0.4 is 0 Å². The van der Waals surface area contributed by atoms with Gasteiger partial charge in [0, 0.05) is 6.61 Å². The predicted molar refractivity (Wildman–Crippen MR) is 217 cm³/mol. The van der Waals surface area contributed by atoms with E-state index in [-0.39, 0.29) is 0 Å². The Labute approximate surface area is 336 Å². The topological polar surface area (TPSA) is 114 Å². The molecule has 330 valence electrons. The average Bonchev–Trinajstić information content (AvgIpc) is 4.03. The fraction of sp³-hybridized carbons (Fsp3) is 1.00. The van der Waals surface area contributed by atoms with E-state index >= 15 is 0 Å². The van der Waals surface area contributed by atoms with Crippen molar-refractivity contribution < 1.29 is 56.8 Å². The van der Waals surface area contributed by atoms with Crippen molar-refractivity contribution in [1.29, 1.82) is 0 Å². The summed E-state index contributed by atoms with van der Waals surface area (Å²) in [4.78, 5) is 0. The number of ether oxygens (including phenoxy) is 12. The van der Waals surface area contributed by atoms with Gasteiger partial charge in [0.15, 0.2) is 0 Å². The summed E-state index contributed by atoms with van der Waals surface area (Å²) in [5.74, 6) is 0.689. The Kier molecular flexibility index (Phi) is 44.1. The smallest absolute Gasteiger partial charge is 0.104 e. The fourth-order valence-corrected chi connectivity index (χ4v) is 5.82. The highest BCUT2D eigenvalue weighted by Crippen LogP contribution is 2.20. The molecule has 12 nitrogen and oxygen atoms in total. The van der Waals surface area contributed by atoms with E-state index in [0.717, 1.165) is 13.2 Å². The summed E-state index contributed by atoms with van der Waals surface area (Å²) in [6.07, 6.45) is 22.1. The van der Waals surface area contributed by atoms with Gasteiger partial charge in [-0.05, 0) is 18.8 Å². The van der Waals surface area contributed by atoms with Gasteiger partial charge in [0.05, 0.1) is 145 Å². The quantitative estimate of drug-likeness (QED) is 0.0450. The summed E-state index contributed by atoms with van der Waals surface area (Å²) in [6, 6.07) is 0. The molecule has 0 N–H and O–H groups in total. The molecule has 0 bridgehead atoms. The maximum Gasteiger partial charge on any atom is 0.104 e. The zero-order chi connectivity index (χ0) is 39.2. The first-order valence-electron chi connectivity index (χ1n) is 22.3. The molecule has 0 radical (unpaired) electrons. The molecule has 12 heteroatoms. The Balaban J connectivity index is 1.76. The molecule has 0 aromatic carbocycles. The summed E-state index contributed by atoms with van der Waals surface area (Å²) in [5, 5.41) is 0. The Morgan fingerprint density at radius 2 is 0.600 bits per heavy atom. The lowest BCUT2D eigenvalue weighted by Gasteiger charge is -2.17. The van der Waals surface area contributed by atoms with Crippen molar-refractivity contribution in [1.82, 2.24) is 0 Å². The zero-order valence-corrected chi connectivity index (χ0v) is 35.6. The van der Waals surface area contributed by atoms with Crippen LogP contribution in [-0.2, 0) is 56.8 Å². The van der Waals surface area contributed by atoms with E-state index in [1.165, 1.54) is 103 Å². The molecule has 1 saturated heterocycles. The third kappa shape index (κ3) is 44.5. The zero-order valence-electron chi connectivity index (χ0n) is 35.6. The van der Waals surface area contributed by atoms with Gasteiger partial charge >= 0.3 is 0 Å².